The summed E-state index contributed by atoms with van der Waals surface area (Å²) in [5, 5.41) is 3.87. The van der Waals surface area contributed by atoms with Crippen molar-refractivity contribution in [3.8, 4) is 22.8 Å². The zero-order valence-corrected chi connectivity index (χ0v) is 13.6. The van der Waals surface area contributed by atoms with Gasteiger partial charge < -0.3 is 14.2 Å². The molecule has 2 aromatic heterocycles. The van der Waals surface area contributed by atoms with E-state index < -0.39 is 0 Å². The Morgan fingerprint density at radius 3 is 2.80 bits per heavy atom. The standard InChI is InChI=1S/C18H17FN4O2/c19-15-5-2-1-4-14(15)17-21-18(25-22-17)13-6-7-16(20-12-13)23-8-3-10-24-11-9-23/h1-2,4-7,12H,3,8-11H2. The van der Waals surface area contributed by atoms with Gasteiger partial charge in [0.15, 0.2) is 0 Å². The van der Waals surface area contributed by atoms with Crippen LogP contribution in [0, 0.1) is 5.82 Å². The molecule has 3 aromatic rings. The first kappa shape index (κ1) is 15.7. The summed E-state index contributed by atoms with van der Waals surface area (Å²) in [5.74, 6) is 1.05. The summed E-state index contributed by atoms with van der Waals surface area (Å²) in [5.41, 5.74) is 1.01. The minimum Gasteiger partial charge on any atom is -0.380 e. The molecule has 128 valence electrons. The highest BCUT2D eigenvalue weighted by Crippen LogP contribution is 2.24. The van der Waals surface area contributed by atoms with Crippen LogP contribution in [0.4, 0.5) is 10.2 Å². The molecule has 0 spiro atoms. The molecule has 0 bridgehead atoms. The maximum absolute atomic E-state index is 13.8. The predicted octanol–water partition coefficient (Wildman–Crippen LogP) is 3.16. The zero-order chi connectivity index (χ0) is 17.1. The maximum atomic E-state index is 13.8. The summed E-state index contributed by atoms with van der Waals surface area (Å²) in [6.07, 6.45) is 2.68. The molecule has 25 heavy (non-hydrogen) atoms. The Morgan fingerprint density at radius 1 is 1.04 bits per heavy atom. The van der Waals surface area contributed by atoms with Crippen molar-refractivity contribution < 1.29 is 13.7 Å². The van der Waals surface area contributed by atoms with Crippen molar-refractivity contribution in [1.82, 2.24) is 15.1 Å². The maximum Gasteiger partial charge on any atom is 0.259 e. The van der Waals surface area contributed by atoms with Crippen molar-refractivity contribution in [2.45, 2.75) is 6.42 Å². The van der Waals surface area contributed by atoms with Gasteiger partial charge in [0, 0.05) is 25.9 Å². The Balaban J connectivity index is 1.55. The van der Waals surface area contributed by atoms with Gasteiger partial charge in [-0.25, -0.2) is 9.37 Å². The van der Waals surface area contributed by atoms with Crippen LogP contribution >= 0.6 is 0 Å². The van der Waals surface area contributed by atoms with Gasteiger partial charge in [-0.1, -0.05) is 17.3 Å². The van der Waals surface area contributed by atoms with Gasteiger partial charge in [-0.05, 0) is 30.7 Å². The van der Waals surface area contributed by atoms with Gasteiger partial charge in [0.25, 0.3) is 5.89 Å². The van der Waals surface area contributed by atoms with Crippen LogP contribution in [0.3, 0.4) is 0 Å². The van der Waals surface area contributed by atoms with E-state index in [0.29, 0.717) is 23.6 Å². The second kappa shape index (κ2) is 6.98. The molecule has 7 heteroatoms. The lowest BCUT2D eigenvalue weighted by atomic mass is 10.2. The summed E-state index contributed by atoms with van der Waals surface area (Å²) in [4.78, 5) is 11.0. The van der Waals surface area contributed by atoms with E-state index in [9.17, 15) is 4.39 Å². The fourth-order valence-corrected chi connectivity index (χ4v) is 2.77. The lowest BCUT2D eigenvalue weighted by Crippen LogP contribution is -2.26. The smallest absolute Gasteiger partial charge is 0.259 e. The molecule has 1 aliphatic heterocycles. The lowest BCUT2D eigenvalue weighted by Gasteiger charge is -2.20. The molecule has 1 aromatic carbocycles. The number of hydrogen-bond donors (Lipinski definition) is 0. The van der Waals surface area contributed by atoms with E-state index in [-0.39, 0.29) is 11.6 Å². The molecule has 3 heterocycles. The Hall–Kier alpha value is -2.80. The summed E-state index contributed by atoms with van der Waals surface area (Å²) in [6.45, 7) is 3.24. The van der Waals surface area contributed by atoms with Crippen LogP contribution < -0.4 is 4.90 Å². The van der Waals surface area contributed by atoms with Gasteiger partial charge in [-0.15, -0.1) is 0 Å². The number of ether oxygens (including phenoxy) is 1. The van der Waals surface area contributed by atoms with Crippen LogP contribution in [-0.4, -0.2) is 41.4 Å². The number of nitrogens with zero attached hydrogens (tertiary/aromatic N) is 4. The zero-order valence-electron chi connectivity index (χ0n) is 13.6. The molecule has 4 rings (SSSR count). The molecule has 0 radical (unpaired) electrons. The molecule has 1 fully saturated rings. The third-order valence-corrected chi connectivity index (χ3v) is 4.08. The largest absolute Gasteiger partial charge is 0.380 e. The molecule has 0 aliphatic carbocycles. The SMILES string of the molecule is Fc1ccccc1-c1noc(-c2ccc(N3CCCOCC3)nc2)n1. The first-order valence-corrected chi connectivity index (χ1v) is 8.19. The molecule has 0 unspecified atom stereocenters. The third-order valence-electron chi connectivity index (χ3n) is 4.08. The van der Waals surface area contributed by atoms with E-state index in [0.717, 1.165) is 31.9 Å². The first-order valence-electron chi connectivity index (χ1n) is 8.19. The first-order chi connectivity index (χ1) is 12.3. The summed E-state index contributed by atoms with van der Waals surface area (Å²) in [7, 11) is 0. The van der Waals surface area contributed by atoms with Crippen molar-refractivity contribution in [1.29, 1.82) is 0 Å². The van der Waals surface area contributed by atoms with Gasteiger partial charge in [0.2, 0.25) is 5.82 Å². The highest BCUT2D eigenvalue weighted by atomic mass is 19.1. The van der Waals surface area contributed by atoms with Gasteiger partial charge in [-0.2, -0.15) is 4.98 Å². The minimum absolute atomic E-state index is 0.224. The third kappa shape index (κ3) is 3.36. The van der Waals surface area contributed by atoms with Crippen LogP contribution in [0.25, 0.3) is 22.8 Å². The van der Waals surface area contributed by atoms with E-state index >= 15 is 0 Å². The van der Waals surface area contributed by atoms with E-state index in [2.05, 4.69) is 20.0 Å². The second-order valence-corrected chi connectivity index (χ2v) is 5.76. The van der Waals surface area contributed by atoms with Crippen molar-refractivity contribution in [3.05, 3.63) is 48.4 Å². The molecular formula is C18H17FN4O2. The molecule has 1 aliphatic rings. The number of halogens is 1. The number of hydrogen-bond acceptors (Lipinski definition) is 6. The van der Waals surface area contributed by atoms with Crippen LogP contribution in [0.5, 0.6) is 0 Å². The monoisotopic (exact) mass is 340 g/mol. The molecule has 0 atom stereocenters. The number of benzene rings is 1. The van der Waals surface area contributed by atoms with Crippen molar-refractivity contribution in [2.24, 2.45) is 0 Å². The Labute approximate surface area is 144 Å². The molecule has 0 amide bonds. The van der Waals surface area contributed by atoms with E-state index in [4.69, 9.17) is 9.26 Å². The van der Waals surface area contributed by atoms with Gasteiger partial charge in [-0.3, -0.25) is 0 Å². The number of pyridine rings is 1. The second-order valence-electron chi connectivity index (χ2n) is 5.76. The fourth-order valence-electron chi connectivity index (χ4n) is 2.77. The summed E-state index contributed by atoms with van der Waals surface area (Å²) < 4.78 is 24.6. The van der Waals surface area contributed by atoms with E-state index in [1.165, 1.54) is 6.07 Å². The van der Waals surface area contributed by atoms with Crippen molar-refractivity contribution in [3.63, 3.8) is 0 Å². The molecular weight excluding hydrogens is 323 g/mol. The fraction of sp³-hybridized carbons (Fsp3) is 0.278. The van der Waals surface area contributed by atoms with Crippen LogP contribution in [0.15, 0.2) is 47.1 Å². The predicted molar refractivity (Wildman–Crippen MR) is 90.6 cm³/mol. The quantitative estimate of drug-likeness (QED) is 0.730. The van der Waals surface area contributed by atoms with Crippen LogP contribution in [0.1, 0.15) is 6.42 Å². The summed E-state index contributed by atoms with van der Waals surface area (Å²) in [6, 6.07) is 10.1. The molecule has 6 nitrogen and oxygen atoms in total. The number of rotatable bonds is 3. The lowest BCUT2D eigenvalue weighted by molar-refractivity contribution is 0.152. The van der Waals surface area contributed by atoms with Gasteiger partial charge in [0.1, 0.15) is 11.6 Å². The van der Waals surface area contributed by atoms with Crippen molar-refractivity contribution in [2.75, 3.05) is 31.2 Å². The Bertz CT molecular complexity index is 842. The highest BCUT2D eigenvalue weighted by Gasteiger charge is 2.15. The average Bonchev–Trinajstić information content (AvgIpc) is 2.97. The molecule has 0 N–H and O–H groups in total. The molecule has 1 saturated heterocycles. The number of anilines is 1. The van der Waals surface area contributed by atoms with Crippen molar-refractivity contribution >= 4 is 5.82 Å². The van der Waals surface area contributed by atoms with Gasteiger partial charge >= 0.3 is 0 Å². The normalized spacial score (nSPS) is 15.2. The Kier molecular flexibility index (Phi) is 4.39. The number of aromatic nitrogens is 3. The highest BCUT2D eigenvalue weighted by molar-refractivity contribution is 5.60. The van der Waals surface area contributed by atoms with E-state index in [1.54, 1.807) is 24.4 Å². The van der Waals surface area contributed by atoms with Gasteiger partial charge in [0.05, 0.1) is 17.7 Å². The Morgan fingerprint density at radius 2 is 1.96 bits per heavy atom. The van der Waals surface area contributed by atoms with Crippen LogP contribution in [0.2, 0.25) is 0 Å². The summed E-state index contributed by atoms with van der Waals surface area (Å²) >= 11 is 0. The van der Waals surface area contributed by atoms with E-state index in [1.807, 2.05) is 12.1 Å². The topological polar surface area (TPSA) is 64.3 Å². The minimum atomic E-state index is -0.383. The average molecular weight is 340 g/mol. The molecule has 0 saturated carbocycles. The van der Waals surface area contributed by atoms with Crippen LogP contribution in [-0.2, 0) is 4.74 Å².